The van der Waals surface area contributed by atoms with Gasteiger partial charge in [0.05, 0.1) is 36.0 Å². The number of carbonyl (C=O) groups is 2. The number of methoxy groups -OCH3 is 1. The molecule has 17 heteroatoms. The molecule has 3 aromatic heterocycles. The van der Waals surface area contributed by atoms with E-state index >= 15 is 0 Å². The number of aromatic amines is 1. The lowest BCUT2D eigenvalue weighted by molar-refractivity contribution is -0.137. The van der Waals surface area contributed by atoms with Gasteiger partial charge in [-0.2, -0.15) is 20.2 Å². The number of carboxylic acids is 1. The van der Waals surface area contributed by atoms with E-state index in [2.05, 4.69) is 46.5 Å². The van der Waals surface area contributed by atoms with Crippen molar-refractivity contribution in [2.24, 2.45) is 0 Å². The van der Waals surface area contributed by atoms with Crippen LogP contribution in [0.5, 0.6) is 5.75 Å². The van der Waals surface area contributed by atoms with Crippen LogP contribution < -0.4 is 20.3 Å². The van der Waals surface area contributed by atoms with Crippen LogP contribution in [0, 0.1) is 11.3 Å². The number of likely N-dealkylation sites (N-methyl/N-ethyl adjacent to an activating group) is 1. The molecule has 1 saturated heterocycles. The first-order valence-electron chi connectivity index (χ1n) is 18.3. The molecule has 57 heavy (non-hydrogen) atoms. The number of hydrogen-bond acceptors (Lipinski definition) is 14. The van der Waals surface area contributed by atoms with Crippen molar-refractivity contribution in [1.82, 2.24) is 44.7 Å². The van der Waals surface area contributed by atoms with Gasteiger partial charge in [-0.25, -0.2) is 14.8 Å². The van der Waals surface area contributed by atoms with E-state index in [0.717, 1.165) is 39.4 Å². The zero-order chi connectivity index (χ0) is 39.7. The van der Waals surface area contributed by atoms with Gasteiger partial charge in [-0.15, -0.1) is 0 Å². The molecule has 290 valence electrons. The van der Waals surface area contributed by atoms with Crippen molar-refractivity contribution in [2.75, 3.05) is 62.4 Å². The molecule has 1 aliphatic heterocycles. The van der Waals surface area contributed by atoms with Crippen molar-refractivity contribution in [2.45, 2.75) is 25.4 Å². The van der Waals surface area contributed by atoms with Gasteiger partial charge in [0, 0.05) is 83.3 Å². The lowest BCUT2D eigenvalue weighted by atomic mass is 10.0. The lowest BCUT2D eigenvalue weighted by Crippen LogP contribution is -2.48. The molecular formula is C40H41N13O4. The molecule has 0 unspecified atom stereocenters. The summed E-state index contributed by atoms with van der Waals surface area (Å²) in [6, 6.07) is 21.3. The number of nitriles is 1. The predicted molar refractivity (Wildman–Crippen MR) is 212 cm³/mol. The van der Waals surface area contributed by atoms with E-state index in [-0.39, 0.29) is 24.2 Å². The number of aromatic nitrogens is 7. The molecule has 0 aliphatic carbocycles. The second-order valence-electron chi connectivity index (χ2n) is 13.6. The molecule has 4 N–H and O–H groups in total. The second kappa shape index (κ2) is 17.5. The van der Waals surface area contributed by atoms with Crippen molar-refractivity contribution in [3.63, 3.8) is 0 Å². The molecule has 1 aliphatic rings. The number of imidazole rings is 1. The van der Waals surface area contributed by atoms with Gasteiger partial charge >= 0.3 is 5.97 Å². The second-order valence-corrected chi connectivity index (χ2v) is 13.6. The standard InChI is InChI=1S/C40H41N13O4/c1-51(15-12-35-45-31-11-10-30(57-2)22-32(31)46-35)40-49-38(48-39(50-40)47-33(37(55)56)21-26-6-8-27(23-41)9-7-26)44-29-5-3-4-28(20-29)25-52-16-18-53(19-17-52)36(54)34-24-42-13-14-43-34/h3-11,13-14,20,22,24,33H,12,15-19,21,25H2,1-2H3,(H,45,46)(H,55,56)(H2,44,47,48,49,50)/t33-/m0/s1. The van der Waals surface area contributed by atoms with Crippen LogP contribution in [0.2, 0.25) is 0 Å². The molecule has 4 heterocycles. The first-order valence-corrected chi connectivity index (χ1v) is 18.3. The van der Waals surface area contributed by atoms with Crippen LogP contribution in [0.25, 0.3) is 11.0 Å². The largest absolute Gasteiger partial charge is 0.497 e. The number of ether oxygens (including phenoxy) is 1. The zero-order valence-electron chi connectivity index (χ0n) is 31.5. The average molecular weight is 768 g/mol. The van der Waals surface area contributed by atoms with Crippen LogP contribution in [-0.4, -0.2) is 115 Å². The number of H-pyrrole nitrogens is 1. The van der Waals surface area contributed by atoms with Crippen LogP contribution in [0.3, 0.4) is 0 Å². The number of fused-ring (bicyclic) bond motifs is 1. The summed E-state index contributed by atoms with van der Waals surface area (Å²) < 4.78 is 5.35. The Morgan fingerprint density at radius 3 is 2.53 bits per heavy atom. The maximum atomic E-state index is 12.9. The lowest BCUT2D eigenvalue weighted by Gasteiger charge is -2.34. The van der Waals surface area contributed by atoms with Crippen molar-refractivity contribution >= 4 is 46.4 Å². The number of piperazine rings is 1. The number of amides is 1. The van der Waals surface area contributed by atoms with Crippen LogP contribution in [0.1, 0.15) is 33.0 Å². The highest BCUT2D eigenvalue weighted by Gasteiger charge is 2.24. The minimum absolute atomic E-state index is 0.0799. The van der Waals surface area contributed by atoms with Gasteiger partial charge in [-0.05, 0) is 47.5 Å². The van der Waals surface area contributed by atoms with E-state index in [1.807, 2.05) is 54.4 Å². The Labute approximate surface area is 328 Å². The Morgan fingerprint density at radius 2 is 1.79 bits per heavy atom. The average Bonchev–Trinajstić information content (AvgIpc) is 3.65. The van der Waals surface area contributed by atoms with Crippen LogP contribution in [-0.2, 0) is 24.2 Å². The minimum Gasteiger partial charge on any atom is -0.497 e. The first kappa shape index (κ1) is 38.1. The van der Waals surface area contributed by atoms with E-state index < -0.39 is 12.0 Å². The van der Waals surface area contributed by atoms with E-state index in [1.165, 1.54) is 12.4 Å². The summed E-state index contributed by atoms with van der Waals surface area (Å²) in [6.45, 7) is 3.73. The highest BCUT2D eigenvalue weighted by Crippen LogP contribution is 2.22. The normalized spacial score (nSPS) is 13.5. The molecule has 17 nitrogen and oxygen atoms in total. The number of aliphatic carboxylic acids is 1. The summed E-state index contributed by atoms with van der Waals surface area (Å²) in [6.07, 6.45) is 5.23. The fourth-order valence-electron chi connectivity index (χ4n) is 6.44. The Bertz CT molecular complexity index is 2380. The summed E-state index contributed by atoms with van der Waals surface area (Å²) in [5.74, 6) is 0.926. The molecule has 0 bridgehead atoms. The minimum atomic E-state index is -1.09. The van der Waals surface area contributed by atoms with E-state index in [4.69, 9.17) is 14.7 Å². The number of anilines is 4. The Hall–Kier alpha value is -7.19. The first-order chi connectivity index (χ1) is 27.7. The van der Waals surface area contributed by atoms with Crippen molar-refractivity contribution < 1.29 is 19.4 Å². The fraction of sp³-hybridized carbons (Fsp3) is 0.275. The fourth-order valence-corrected chi connectivity index (χ4v) is 6.44. The van der Waals surface area contributed by atoms with Gasteiger partial charge in [0.2, 0.25) is 17.8 Å². The van der Waals surface area contributed by atoms with Gasteiger partial charge in [0.1, 0.15) is 23.3 Å². The molecule has 7 rings (SSSR count). The summed E-state index contributed by atoms with van der Waals surface area (Å²) in [4.78, 5) is 61.4. The SMILES string of the molecule is COc1ccc2nc(CCN(C)c3nc(Nc4cccc(CN5CCN(C(=O)c6cnccn6)CC5)c4)nc(N[C@@H](Cc4ccc(C#N)cc4)C(=O)O)n3)[nH]c2c1. The van der Waals surface area contributed by atoms with E-state index in [1.54, 1.807) is 42.5 Å². The number of carboxylic acid groups (broad SMARTS) is 1. The van der Waals surface area contributed by atoms with Gasteiger partial charge in [0.15, 0.2) is 0 Å². The predicted octanol–water partition coefficient (Wildman–Crippen LogP) is 3.91. The Kier molecular flexibility index (Phi) is 11.7. The van der Waals surface area contributed by atoms with Crippen LogP contribution in [0.15, 0.2) is 85.3 Å². The maximum absolute atomic E-state index is 12.9. The molecule has 1 atom stereocenters. The number of nitrogens with zero attached hydrogens (tertiary/aromatic N) is 10. The summed E-state index contributed by atoms with van der Waals surface area (Å²) in [7, 11) is 3.47. The Morgan fingerprint density at radius 1 is 0.982 bits per heavy atom. The van der Waals surface area contributed by atoms with Crippen molar-refractivity contribution in [1.29, 1.82) is 5.26 Å². The summed E-state index contributed by atoms with van der Waals surface area (Å²) >= 11 is 0. The molecule has 0 spiro atoms. The molecule has 6 aromatic rings. The van der Waals surface area contributed by atoms with E-state index in [0.29, 0.717) is 62.9 Å². The number of carbonyl (C=O) groups excluding carboxylic acids is 1. The molecule has 0 radical (unpaired) electrons. The monoisotopic (exact) mass is 767 g/mol. The third-order valence-corrected chi connectivity index (χ3v) is 9.54. The number of rotatable bonds is 15. The third kappa shape index (κ3) is 9.74. The van der Waals surface area contributed by atoms with Crippen LogP contribution in [0.4, 0.5) is 23.5 Å². The summed E-state index contributed by atoms with van der Waals surface area (Å²) in [5, 5.41) is 25.7. The molecule has 0 saturated carbocycles. The van der Waals surface area contributed by atoms with Crippen molar-refractivity contribution in [3.05, 3.63) is 114 Å². The summed E-state index contributed by atoms with van der Waals surface area (Å²) in [5.41, 5.74) is 5.04. The smallest absolute Gasteiger partial charge is 0.326 e. The third-order valence-electron chi connectivity index (χ3n) is 9.54. The Balaban J connectivity index is 1.07. The van der Waals surface area contributed by atoms with Crippen LogP contribution >= 0.6 is 0 Å². The maximum Gasteiger partial charge on any atom is 0.326 e. The molecular weight excluding hydrogens is 727 g/mol. The number of nitrogens with one attached hydrogen (secondary N) is 3. The highest BCUT2D eigenvalue weighted by atomic mass is 16.5. The molecule has 3 aromatic carbocycles. The number of hydrogen-bond donors (Lipinski definition) is 4. The molecule has 1 fully saturated rings. The van der Waals surface area contributed by atoms with Gasteiger partial charge in [-0.3, -0.25) is 14.7 Å². The molecule has 1 amide bonds. The number of benzene rings is 3. The van der Waals surface area contributed by atoms with Gasteiger partial charge in [0.25, 0.3) is 5.91 Å². The van der Waals surface area contributed by atoms with E-state index in [9.17, 15) is 20.0 Å². The quantitative estimate of drug-likeness (QED) is 0.117. The topological polar surface area (TPSA) is 214 Å². The highest BCUT2D eigenvalue weighted by molar-refractivity contribution is 5.92. The van der Waals surface area contributed by atoms with Crippen molar-refractivity contribution in [3.8, 4) is 11.8 Å². The van der Waals surface area contributed by atoms with Gasteiger partial charge in [-0.1, -0.05) is 24.3 Å². The van der Waals surface area contributed by atoms with Gasteiger partial charge < -0.3 is 35.3 Å². The zero-order valence-corrected chi connectivity index (χ0v) is 31.5.